The summed E-state index contributed by atoms with van der Waals surface area (Å²) in [5, 5.41) is 0. The number of esters is 2. The minimum atomic E-state index is -5.02. The molecule has 0 aromatic heterocycles. The predicted octanol–water partition coefficient (Wildman–Crippen LogP) is 3.66. The van der Waals surface area contributed by atoms with E-state index in [9.17, 15) is 22.6 Å². The number of rotatable bonds is 17. The van der Waals surface area contributed by atoms with Crippen LogP contribution in [0.25, 0.3) is 0 Å². The third-order valence-corrected chi connectivity index (χ3v) is 6.09. The maximum Gasteiger partial charge on any atom is 1.00 e. The van der Waals surface area contributed by atoms with Gasteiger partial charge in [-0.05, 0) is 50.0 Å². The van der Waals surface area contributed by atoms with Gasteiger partial charge in [-0.2, -0.15) is 0 Å². The Bertz CT molecular complexity index is 924. The second-order valence-corrected chi connectivity index (χ2v) is 9.44. The molecule has 0 aliphatic rings. The first kappa shape index (κ1) is 34.2. The van der Waals surface area contributed by atoms with Crippen molar-refractivity contribution in [1.82, 2.24) is 0 Å². The number of unbranched alkanes of at least 4 members (excludes halogenated alkanes) is 10. The summed E-state index contributed by atoms with van der Waals surface area (Å²) in [6.07, 6.45) is 18.1. The Kier molecular flexibility index (Phi) is 19.8. The van der Waals surface area contributed by atoms with Crippen LogP contribution in [0.15, 0.2) is 47.8 Å². The minimum Gasteiger partial charge on any atom is -0.744 e. The monoisotopic (exact) mass is 532 g/mol. The van der Waals surface area contributed by atoms with Crippen LogP contribution >= 0.6 is 0 Å². The third kappa shape index (κ3) is 14.5. The van der Waals surface area contributed by atoms with Gasteiger partial charge in [-0.3, -0.25) is 0 Å². The number of carbonyl (C=O) groups excluding carboxylic acids is 2. The van der Waals surface area contributed by atoms with Gasteiger partial charge in [0.05, 0.1) is 28.5 Å². The molecule has 1 aromatic carbocycles. The first-order valence-electron chi connectivity index (χ1n) is 12.1. The van der Waals surface area contributed by atoms with Gasteiger partial charge >= 0.3 is 63.3 Å². The zero-order valence-corrected chi connectivity index (χ0v) is 25.2. The van der Waals surface area contributed by atoms with E-state index in [2.05, 4.69) is 13.8 Å². The molecule has 0 amide bonds. The maximum atomic E-state index is 12.6. The van der Waals surface area contributed by atoms with Gasteiger partial charge in [0.25, 0.3) is 0 Å². The molecule has 0 unspecified atom stereocenters. The van der Waals surface area contributed by atoms with Crippen LogP contribution < -0.4 is 51.4 Å². The van der Waals surface area contributed by atoms with Crippen LogP contribution in [0.4, 0.5) is 0 Å². The van der Waals surface area contributed by atoms with Crippen molar-refractivity contribution in [3.8, 4) is 0 Å². The fourth-order valence-corrected chi connectivity index (χ4v) is 4.02. The van der Waals surface area contributed by atoms with Gasteiger partial charge < -0.3 is 14.0 Å². The smallest absolute Gasteiger partial charge is 0.744 e. The molecule has 35 heavy (non-hydrogen) atoms. The molecular formula is C26H37KO7S. The fourth-order valence-electron chi connectivity index (χ4n) is 3.33. The summed E-state index contributed by atoms with van der Waals surface area (Å²) in [6, 6.07) is 3.41. The summed E-state index contributed by atoms with van der Waals surface area (Å²) in [5.41, 5.74) is -0.967. The third-order valence-electron chi connectivity index (χ3n) is 5.21. The van der Waals surface area contributed by atoms with Crippen molar-refractivity contribution in [1.29, 1.82) is 0 Å². The van der Waals surface area contributed by atoms with E-state index in [1.807, 2.05) is 0 Å². The van der Waals surface area contributed by atoms with Crippen molar-refractivity contribution in [2.75, 3.05) is 0 Å². The Balaban J connectivity index is 0.0000116. The van der Waals surface area contributed by atoms with Gasteiger partial charge in [0.2, 0.25) is 0 Å². The maximum absolute atomic E-state index is 12.6. The van der Waals surface area contributed by atoms with E-state index in [1.54, 1.807) is 12.2 Å². The molecule has 0 fully saturated rings. The second kappa shape index (κ2) is 20.3. The van der Waals surface area contributed by atoms with Gasteiger partial charge in [-0.1, -0.05) is 71.3 Å². The van der Waals surface area contributed by atoms with Gasteiger partial charge in [-0.15, -0.1) is 0 Å². The Morgan fingerprint density at radius 2 is 1.29 bits per heavy atom. The van der Waals surface area contributed by atoms with Crippen LogP contribution in [0.2, 0.25) is 0 Å². The van der Waals surface area contributed by atoms with Crippen LogP contribution in [0.1, 0.15) is 112 Å². The van der Waals surface area contributed by atoms with Crippen LogP contribution in [0.5, 0.6) is 0 Å². The molecule has 0 saturated heterocycles. The molecule has 0 saturated carbocycles. The Morgan fingerprint density at radius 3 is 1.77 bits per heavy atom. The number of benzene rings is 1. The second-order valence-electron chi connectivity index (χ2n) is 8.09. The number of allylic oxidation sites excluding steroid dienone is 2. The van der Waals surface area contributed by atoms with Crippen molar-refractivity contribution in [2.45, 2.75) is 95.8 Å². The summed E-state index contributed by atoms with van der Waals surface area (Å²) in [6.45, 7) is 4.28. The Morgan fingerprint density at radius 1 is 0.800 bits per heavy atom. The summed E-state index contributed by atoms with van der Waals surface area (Å²) >= 11 is 0. The molecule has 0 heterocycles. The van der Waals surface area contributed by atoms with Gasteiger partial charge in [-0.25, -0.2) is 18.0 Å². The molecule has 0 aliphatic heterocycles. The van der Waals surface area contributed by atoms with Gasteiger partial charge in [0, 0.05) is 0 Å². The first-order valence-corrected chi connectivity index (χ1v) is 13.5. The number of hydrogen-bond acceptors (Lipinski definition) is 7. The van der Waals surface area contributed by atoms with E-state index >= 15 is 0 Å². The van der Waals surface area contributed by atoms with E-state index < -0.39 is 32.5 Å². The molecule has 1 aromatic rings. The van der Waals surface area contributed by atoms with Crippen LogP contribution in [-0.2, 0) is 19.6 Å². The summed E-state index contributed by atoms with van der Waals surface area (Å²) in [4.78, 5) is 24.3. The largest absolute Gasteiger partial charge is 1.00 e. The standard InChI is InChI=1S/C26H38O7S.K/c1-3-5-7-9-11-13-15-20-32-25(27)22-18-17-19-23(34(29,30)31)24(22)26(28)33-21-16-14-12-10-8-6-4-2;/h15-21H,3-14H2,1-2H3,(H,29,30,31);/q;+1/p-1/b20-15+,21-16+;. The number of hydrogen-bond donors (Lipinski definition) is 0. The molecule has 9 heteroatoms. The van der Waals surface area contributed by atoms with E-state index in [1.165, 1.54) is 31.2 Å². The van der Waals surface area contributed by atoms with Crippen molar-refractivity contribution in [3.63, 3.8) is 0 Å². The van der Waals surface area contributed by atoms with Crippen molar-refractivity contribution < 1.29 is 83.4 Å². The van der Waals surface area contributed by atoms with Crippen LogP contribution in [-0.4, -0.2) is 24.9 Å². The average Bonchev–Trinajstić information content (AvgIpc) is 2.81. The molecule has 0 aliphatic carbocycles. The summed E-state index contributed by atoms with van der Waals surface area (Å²) < 4.78 is 45.2. The van der Waals surface area contributed by atoms with E-state index in [4.69, 9.17) is 9.47 Å². The number of carbonyl (C=O) groups is 2. The Labute approximate surface area is 252 Å². The summed E-state index contributed by atoms with van der Waals surface area (Å²) in [5.74, 6) is -2.05. The van der Waals surface area contributed by atoms with Crippen molar-refractivity contribution >= 4 is 22.1 Å². The molecule has 0 atom stereocenters. The molecule has 0 bridgehead atoms. The topological polar surface area (TPSA) is 110 Å². The molecule has 0 radical (unpaired) electrons. The van der Waals surface area contributed by atoms with E-state index in [0.717, 1.165) is 70.1 Å². The van der Waals surface area contributed by atoms with E-state index in [0.29, 0.717) is 6.42 Å². The first-order chi connectivity index (χ1) is 16.3. The summed E-state index contributed by atoms with van der Waals surface area (Å²) in [7, 11) is -5.02. The fraction of sp³-hybridized carbons (Fsp3) is 0.538. The molecule has 190 valence electrons. The molecule has 0 N–H and O–H groups in total. The zero-order valence-electron chi connectivity index (χ0n) is 21.3. The van der Waals surface area contributed by atoms with E-state index in [-0.39, 0.29) is 56.9 Å². The normalized spacial score (nSPS) is 11.5. The SMILES string of the molecule is CCCCCCC/C=C/OC(=O)c1cccc(S(=O)(=O)[O-])c1C(=O)O/C=C/CCCCCCC.[K+]. The molecule has 1 rings (SSSR count). The average molecular weight is 533 g/mol. The van der Waals surface area contributed by atoms with Gasteiger partial charge in [0.1, 0.15) is 10.1 Å². The minimum absolute atomic E-state index is 0. The molecular weight excluding hydrogens is 495 g/mol. The Hall–Kier alpha value is -0.814. The zero-order chi connectivity index (χ0) is 25.2. The quantitative estimate of drug-likeness (QED) is 0.0990. The van der Waals surface area contributed by atoms with Crippen molar-refractivity contribution in [3.05, 3.63) is 54.0 Å². The predicted molar refractivity (Wildman–Crippen MR) is 130 cm³/mol. The molecule has 0 spiro atoms. The van der Waals surface area contributed by atoms with Gasteiger partial charge in [0.15, 0.2) is 0 Å². The molecule has 7 nitrogen and oxygen atoms in total. The van der Waals surface area contributed by atoms with Crippen LogP contribution in [0.3, 0.4) is 0 Å². The number of ether oxygens (including phenoxy) is 2. The van der Waals surface area contributed by atoms with Crippen molar-refractivity contribution in [2.24, 2.45) is 0 Å². The van der Waals surface area contributed by atoms with Crippen LogP contribution in [0, 0.1) is 0 Å².